The molecule has 0 aromatic rings. The normalized spacial score (nSPS) is 10.9. The molecule has 17 heavy (non-hydrogen) atoms. The Hall–Kier alpha value is 0.790. The molecule has 0 bridgehead atoms. The van der Waals surface area contributed by atoms with Crippen LogP contribution in [0, 0.1) is 0 Å². The first kappa shape index (κ1) is 17.8. The van der Waals surface area contributed by atoms with Crippen LogP contribution in [0.5, 0.6) is 0 Å². The van der Waals surface area contributed by atoms with Crippen LogP contribution in [0.4, 0.5) is 0 Å². The minimum atomic E-state index is 0.419. The van der Waals surface area contributed by atoms with Crippen LogP contribution < -0.4 is 0 Å². The van der Waals surface area contributed by atoms with Crippen LogP contribution in [0.15, 0.2) is 0 Å². The molecule has 1 heteroatoms. The van der Waals surface area contributed by atoms with Crippen LogP contribution in [0.2, 0.25) is 8.94 Å². The summed E-state index contributed by atoms with van der Waals surface area (Å²) in [5.41, 5.74) is 0. The Kier molecular flexibility index (Phi) is 17.6. The van der Waals surface area contributed by atoms with E-state index in [1.165, 1.54) is 70.6 Å². The van der Waals surface area contributed by atoms with Gasteiger partial charge in [-0.2, -0.15) is 0 Å². The standard InChI is InChI=1S/C16H34Te/c1-3-5-7-8-9-10-11-12-13-14-16-17-15-6-4-2/h3-16H2,1-2H3. The molecule has 0 aliphatic heterocycles. The second-order valence-corrected chi connectivity index (χ2v) is 8.64. The van der Waals surface area contributed by atoms with E-state index in [-0.39, 0.29) is 0 Å². The molecule has 0 aromatic carbocycles. The zero-order valence-electron chi connectivity index (χ0n) is 12.3. The van der Waals surface area contributed by atoms with Gasteiger partial charge in [0.05, 0.1) is 0 Å². The van der Waals surface area contributed by atoms with E-state index in [1.807, 2.05) is 0 Å². The molecule has 0 aromatic heterocycles. The van der Waals surface area contributed by atoms with Crippen LogP contribution >= 0.6 is 0 Å². The third-order valence-electron chi connectivity index (χ3n) is 3.28. The average molecular weight is 354 g/mol. The predicted molar refractivity (Wildman–Crippen MR) is 82.1 cm³/mol. The van der Waals surface area contributed by atoms with Crippen LogP contribution in [-0.2, 0) is 0 Å². The summed E-state index contributed by atoms with van der Waals surface area (Å²) in [6, 6.07) is 0. The molecule has 0 aliphatic carbocycles. The fraction of sp³-hybridized carbons (Fsp3) is 1.00. The fourth-order valence-electron chi connectivity index (χ4n) is 2.04. The van der Waals surface area contributed by atoms with Gasteiger partial charge < -0.3 is 0 Å². The van der Waals surface area contributed by atoms with E-state index < -0.39 is 0 Å². The van der Waals surface area contributed by atoms with Crippen LogP contribution in [0.1, 0.15) is 90.9 Å². The third-order valence-corrected chi connectivity index (χ3v) is 6.58. The Morgan fingerprint density at radius 3 is 1.41 bits per heavy atom. The van der Waals surface area contributed by atoms with Gasteiger partial charge in [-0.1, -0.05) is 0 Å². The van der Waals surface area contributed by atoms with Gasteiger partial charge in [-0.25, -0.2) is 0 Å². The van der Waals surface area contributed by atoms with Crippen molar-refractivity contribution < 1.29 is 0 Å². The summed E-state index contributed by atoms with van der Waals surface area (Å²) in [6.07, 6.45) is 17.7. The predicted octanol–water partition coefficient (Wildman–Crippen LogP) is 6.25. The van der Waals surface area contributed by atoms with Gasteiger partial charge in [-0.05, 0) is 0 Å². The summed E-state index contributed by atoms with van der Waals surface area (Å²) in [6.45, 7) is 4.61. The van der Waals surface area contributed by atoms with Crippen LogP contribution in [0.3, 0.4) is 0 Å². The van der Waals surface area contributed by atoms with Gasteiger partial charge in [0.25, 0.3) is 0 Å². The number of hydrogen-bond acceptors (Lipinski definition) is 0. The summed E-state index contributed by atoms with van der Waals surface area (Å²) in [5, 5.41) is 0. The van der Waals surface area contributed by atoms with E-state index in [0.717, 1.165) is 0 Å². The summed E-state index contributed by atoms with van der Waals surface area (Å²) >= 11 is 0.419. The van der Waals surface area contributed by atoms with Gasteiger partial charge in [0.15, 0.2) is 0 Å². The SMILES string of the molecule is CCCCCCCCCCCC[Te]CCCC. The summed E-state index contributed by atoms with van der Waals surface area (Å²) in [4.78, 5) is 0. The van der Waals surface area contributed by atoms with E-state index in [2.05, 4.69) is 13.8 Å². The van der Waals surface area contributed by atoms with E-state index >= 15 is 0 Å². The Labute approximate surface area is 120 Å². The molecule has 0 N–H and O–H groups in total. The molecule has 0 saturated heterocycles. The van der Waals surface area contributed by atoms with Crippen molar-refractivity contribution in [1.29, 1.82) is 0 Å². The monoisotopic (exact) mass is 356 g/mol. The topological polar surface area (TPSA) is 0 Å². The Morgan fingerprint density at radius 2 is 0.882 bits per heavy atom. The zero-order valence-corrected chi connectivity index (χ0v) is 14.6. The van der Waals surface area contributed by atoms with Gasteiger partial charge in [-0.3, -0.25) is 0 Å². The molecular weight excluding hydrogens is 320 g/mol. The second kappa shape index (κ2) is 16.8. The van der Waals surface area contributed by atoms with Crippen molar-refractivity contribution >= 4 is 20.9 Å². The number of hydrogen-bond donors (Lipinski definition) is 0. The van der Waals surface area contributed by atoms with Gasteiger partial charge in [0.2, 0.25) is 0 Å². The van der Waals surface area contributed by atoms with Crippen molar-refractivity contribution in [3.8, 4) is 0 Å². The van der Waals surface area contributed by atoms with Crippen molar-refractivity contribution in [2.24, 2.45) is 0 Å². The molecule has 0 unspecified atom stereocenters. The zero-order chi connectivity index (χ0) is 12.6. The number of unbranched alkanes of at least 4 members (excludes halogenated alkanes) is 10. The molecule has 0 saturated carbocycles. The van der Waals surface area contributed by atoms with Gasteiger partial charge >= 0.3 is 121 Å². The molecule has 0 atom stereocenters. The van der Waals surface area contributed by atoms with E-state index in [4.69, 9.17) is 0 Å². The Balaban J connectivity index is 2.85. The third kappa shape index (κ3) is 16.8. The molecule has 0 aliphatic rings. The first-order chi connectivity index (χ1) is 8.41. The summed E-state index contributed by atoms with van der Waals surface area (Å²) < 4.78 is 3.21. The Morgan fingerprint density at radius 1 is 0.471 bits per heavy atom. The van der Waals surface area contributed by atoms with Crippen molar-refractivity contribution in [2.75, 3.05) is 0 Å². The summed E-state index contributed by atoms with van der Waals surface area (Å²) in [5.74, 6) is 0. The maximum atomic E-state index is 2.31. The quantitative estimate of drug-likeness (QED) is 0.256. The van der Waals surface area contributed by atoms with Gasteiger partial charge in [0.1, 0.15) is 0 Å². The molecule has 104 valence electrons. The van der Waals surface area contributed by atoms with Crippen molar-refractivity contribution in [2.45, 2.75) is 99.8 Å². The van der Waals surface area contributed by atoms with E-state index in [1.54, 1.807) is 15.4 Å². The molecule has 0 nitrogen and oxygen atoms in total. The minimum absolute atomic E-state index is 0.419. The fourth-order valence-corrected chi connectivity index (χ4v) is 5.19. The molecule has 0 rings (SSSR count). The van der Waals surface area contributed by atoms with E-state index in [9.17, 15) is 0 Å². The first-order valence-electron chi connectivity index (χ1n) is 7.99. The molecule has 0 heterocycles. The second-order valence-electron chi connectivity index (χ2n) is 5.15. The van der Waals surface area contributed by atoms with Crippen molar-refractivity contribution in [1.82, 2.24) is 0 Å². The van der Waals surface area contributed by atoms with E-state index in [0.29, 0.717) is 20.9 Å². The number of rotatable bonds is 14. The van der Waals surface area contributed by atoms with Crippen molar-refractivity contribution in [3.63, 3.8) is 0 Å². The van der Waals surface area contributed by atoms with Crippen LogP contribution in [-0.4, -0.2) is 20.9 Å². The summed E-state index contributed by atoms with van der Waals surface area (Å²) in [7, 11) is 0. The van der Waals surface area contributed by atoms with Crippen LogP contribution in [0.25, 0.3) is 0 Å². The van der Waals surface area contributed by atoms with Gasteiger partial charge in [-0.15, -0.1) is 0 Å². The molecule has 0 amide bonds. The van der Waals surface area contributed by atoms with Gasteiger partial charge in [0, 0.05) is 0 Å². The molecular formula is C16H34Te. The van der Waals surface area contributed by atoms with Crippen molar-refractivity contribution in [3.05, 3.63) is 0 Å². The molecule has 0 radical (unpaired) electrons. The maximum absolute atomic E-state index is 2.31. The molecule has 0 spiro atoms. The first-order valence-corrected chi connectivity index (χ1v) is 11.3. The Bertz CT molecular complexity index is 109. The average Bonchev–Trinajstić information content (AvgIpc) is 2.35. The molecule has 0 fully saturated rings.